The van der Waals surface area contributed by atoms with E-state index in [1.165, 1.54) is 32.4 Å². The molecule has 2 aliphatic heterocycles. The molecule has 0 radical (unpaired) electrons. The number of anilines is 1. The van der Waals surface area contributed by atoms with Crippen molar-refractivity contribution >= 4 is 17.4 Å². The number of nitrogens with zero attached hydrogens (tertiary/aromatic N) is 2. The summed E-state index contributed by atoms with van der Waals surface area (Å²) in [6, 6.07) is 9.62. The van der Waals surface area contributed by atoms with Crippen LogP contribution in [-0.4, -0.2) is 36.3 Å². The minimum absolute atomic E-state index is 0.506. The Kier molecular flexibility index (Phi) is 3.67. The van der Waals surface area contributed by atoms with E-state index in [9.17, 15) is 5.26 Å². The molecule has 2 atom stereocenters. The number of fused-ring (bicyclic) bond motifs is 1. The van der Waals surface area contributed by atoms with E-state index in [1.807, 2.05) is 24.5 Å². The van der Waals surface area contributed by atoms with E-state index >= 15 is 0 Å². The van der Waals surface area contributed by atoms with Gasteiger partial charge in [0.2, 0.25) is 0 Å². The van der Waals surface area contributed by atoms with Gasteiger partial charge in [-0.25, -0.2) is 0 Å². The summed E-state index contributed by atoms with van der Waals surface area (Å²) in [6.45, 7) is 2.45. The number of hydrogen-bond donors (Lipinski definition) is 1. The molecule has 0 bridgehead atoms. The minimum atomic E-state index is 0.506. The average Bonchev–Trinajstić information content (AvgIpc) is 3.03. The smallest absolute Gasteiger partial charge is 0.102 e. The second-order valence-corrected chi connectivity index (χ2v) is 6.13. The first-order valence-electron chi connectivity index (χ1n) is 6.91. The Morgan fingerprint density at radius 2 is 2.26 bits per heavy atom. The van der Waals surface area contributed by atoms with Crippen LogP contribution in [0.15, 0.2) is 23.1 Å². The lowest BCUT2D eigenvalue weighted by Gasteiger charge is -2.23. The summed E-state index contributed by atoms with van der Waals surface area (Å²) in [5, 5.41) is 13.0. The summed E-state index contributed by atoms with van der Waals surface area (Å²) in [4.78, 5) is 3.65. The summed E-state index contributed by atoms with van der Waals surface area (Å²) in [5.41, 5.74) is 1.81. The van der Waals surface area contributed by atoms with Crippen LogP contribution < -0.4 is 5.32 Å². The van der Waals surface area contributed by atoms with E-state index < -0.39 is 0 Å². The van der Waals surface area contributed by atoms with Crippen LogP contribution >= 0.6 is 11.8 Å². The van der Waals surface area contributed by atoms with Gasteiger partial charge in [0.25, 0.3) is 0 Å². The van der Waals surface area contributed by atoms with Crippen molar-refractivity contribution in [3.8, 4) is 6.07 Å². The Morgan fingerprint density at radius 1 is 1.37 bits per heavy atom. The van der Waals surface area contributed by atoms with Crippen molar-refractivity contribution in [2.24, 2.45) is 0 Å². The van der Waals surface area contributed by atoms with Gasteiger partial charge < -0.3 is 5.32 Å². The molecule has 0 spiro atoms. The molecule has 100 valence electrons. The molecule has 3 rings (SSSR count). The molecule has 0 aliphatic carbocycles. The fraction of sp³-hybridized carbons (Fsp3) is 0.533. The SMILES string of the molecule is CSc1cccc(NC2CCN3CCCC23)c1C#N. The van der Waals surface area contributed by atoms with Crippen LogP contribution in [0.2, 0.25) is 0 Å². The van der Waals surface area contributed by atoms with E-state index in [2.05, 4.69) is 16.3 Å². The first-order valence-corrected chi connectivity index (χ1v) is 8.13. The molecular weight excluding hydrogens is 254 g/mol. The van der Waals surface area contributed by atoms with Crippen molar-refractivity contribution in [2.75, 3.05) is 24.7 Å². The van der Waals surface area contributed by atoms with Crippen molar-refractivity contribution in [3.05, 3.63) is 23.8 Å². The number of hydrogen-bond acceptors (Lipinski definition) is 4. The van der Waals surface area contributed by atoms with Gasteiger partial charge in [0.05, 0.1) is 11.3 Å². The Labute approximate surface area is 119 Å². The number of thioether (sulfide) groups is 1. The molecule has 0 saturated carbocycles. The highest BCUT2D eigenvalue weighted by atomic mass is 32.2. The molecule has 2 heterocycles. The minimum Gasteiger partial charge on any atom is -0.380 e. The highest BCUT2D eigenvalue weighted by Crippen LogP contribution is 2.32. The van der Waals surface area contributed by atoms with Crippen LogP contribution in [0.5, 0.6) is 0 Å². The van der Waals surface area contributed by atoms with Crippen LogP contribution in [0, 0.1) is 11.3 Å². The molecule has 4 heteroatoms. The van der Waals surface area contributed by atoms with Gasteiger partial charge >= 0.3 is 0 Å². The largest absolute Gasteiger partial charge is 0.380 e. The summed E-state index contributed by atoms with van der Waals surface area (Å²) >= 11 is 1.64. The lowest BCUT2D eigenvalue weighted by atomic mass is 10.1. The van der Waals surface area contributed by atoms with Gasteiger partial charge in [0.1, 0.15) is 6.07 Å². The molecule has 1 N–H and O–H groups in total. The Morgan fingerprint density at radius 3 is 3.05 bits per heavy atom. The maximum absolute atomic E-state index is 9.38. The van der Waals surface area contributed by atoms with Crippen molar-refractivity contribution in [1.82, 2.24) is 4.90 Å². The standard InChI is InChI=1S/C15H19N3S/c1-19-15-6-2-4-12(11(15)10-16)17-13-7-9-18-8-3-5-14(13)18/h2,4,6,13-14,17H,3,5,7-9H2,1H3. The highest BCUT2D eigenvalue weighted by Gasteiger charge is 2.37. The Balaban J connectivity index is 1.82. The number of rotatable bonds is 3. The third-order valence-corrected chi connectivity index (χ3v) is 5.08. The maximum atomic E-state index is 9.38. The molecule has 1 aromatic rings. The predicted octanol–water partition coefficient (Wildman–Crippen LogP) is 2.93. The summed E-state index contributed by atoms with van der Waals surface area (Å²) in [5.74, 6) is 0. The molecule has 2 aliphatic rings. The topological polar surface area (TPSA) is 39.1 Å². The van der Waals surface area contributed by atoms with Crippen LogP contribution in [0.1, 0.15) is 24.8 Å². The van der Waals surface area contributed by atoms with Crippen molar-refractivity contribution < 1.29 is 0 Å². The van der Waals surface area contributed by atoms with Crippen molar-refractivity contribution in [3.63, 3.8) is 0 Å². The van der Waals surface area contributed by atoms with E-state index in [-0.39, 0.29) is 0 Å². The molecule has 2 unspecified atom stereocenters. The summed E-state index contributed by atoms with van der Waals surface area (Å²) in [6.07, 6.45) is 5.83. The van der Waals surface area contributed by atoms with Gasteiger partial charge in [0.15, 0.2) is 0 Å². The normalized spacial score (nSPS) is 26.1. The first kappa shape index (κ1) is 12.8. The number of nitriles is 1. The summed E-state index contributed by atoms with van der Waals surface area (Å²) < 4.78 is 0. The fourth-order valence-corrected chi connectivity index (χ4v) is 3.96. The molecule has 1 aromatic carbocycles. The van der Waals surface area contributed by atoms with E-state index in [4.69, 9.17) is 0 Å². The van der Waals surface area contributed by atoms with Crippen molar-refractivity contribution in [2.45, 2.75) is 36.2 Å². The molecule has 3 nitrogen and oxygen atoms in total. The quantitative estimate of drug-likeness (QED) is 0.860. The van der Waals surface area contributed by atoms with Gasteiger partial charge in [-0.2, -0.15) is 5.26 Å². The van der Waals surface area contributed by atoms with E-state index in [0.29, 0.717) is 12.1 Å². The zero-order chi connectivity index (χ0) is 13.2. The van der Waals surface area contributed by atoms with Gasteiger partial charge in [-0.1, -0.05) is 6.07 Å². The number of benzene rings is 1. The van der Waals surface area contributed by atoms with Crippen molar-refractivity contribution in [1.29, 1.82) is 5.26 Å². The van der Waals surface area contributed by atoms with E-state index in [1.54, 1.807) is 11.8 Å². The molecule has 0 aromatic heterocycles. The summed E-state index contributed by atoms with van der Waals surface area (Å²) in [7, 11) is 0. The molecule has 0 amide bonds. The second kappa shape index (κ2) is 5.44. The lowest BCUT2D eigenvalue weighted by Crippen LogP contribution is -2.33. The van der Waals surface area contributed by atoms with Gasteiger partial charge in [-0.15, -0.1) is 11.8 Å². The third-order valence-electron chi connectivity index (χ3n) is 4.30. The fourth-order valence-electron chi connectivity index (χ4n) is 3.39. The van der Waals surface area contributed by atoms with Crippen LogP contribution in [0.4, 0.5) is 5.69 Å². The first-order chi connectivity index (χ1) is 9.33. The second-order valence-electron chi connectivity index (χ2n) is 5.28. The zero-order valence-corrected chi connectivity index (χ0v) is 12.0. The average molecular weight is 273 g/mol. The molecule has 2 fully saturated rings. The lowest BCUT2D eigenvalue weighted by molar-refractivity contribution is 0.318. The maximum Gasteiger partial charge on any atom is 0.102 e. The van der Waals surface area contributed by atoms with Gasteiger partial charge in [-0.3, -0.25) is 4.90 Å². The van der Waals surface area contributed by atoms with Gasteiger partial charge in [-0.05, 0) is 44.2 Å². The predicted molar refractivity (Wildman–Crippen MR) is 79.6 cm³/mol. The zero-order valence-electron chi connectivity index (χ0n) is 11.2. The van der Waals surface area contributed by atoms with Crippen LogP contribution in [-0.2, 0) is 0 Å². The van der Waals surface area contributed by atoms with E-state index in [0.717, 1.165) is 16.1 Å². The van der Waals surface area contributed by atoms with Gasteiger partial charge in [0, 0.05) is 23.5 Å². The third kappa shape index (κ3) is 2.33. The number of nitrogens with one attached hydrogen (secondary N) is 1. The Hall–Kier alpha value is -1.18. The molecule has 2 saturated heterocycles. The highest BCUT2D eigenvalue weighted by molar-refractivity contribution is 7.98. The molecule has 19 heavy (non-hydrogen) atoms. The van der Waals surface area contributed by atoms with Crippen LogP contribution in [0.25, 0.3) is 0 Å². The Bertz CT molecular complexity index is 509. The molecular formula is C15H19N3S. The monoisotopic (exact) mass is 273 g/mol. The van der Waals surface area contributed by atoms with Crippen LogP contribution in [0.3, 0.4) is 0 Å².